The number of nitrogens with zero attached hydrogens (tertiary/aromatic N) is 1. The van der Waals surface area contributed by atoms with Gasteiger partial charge in [-0.05, 0) is 18.2 Å². The topological polar surface area (TPSA) is 58.6 Å². The summed E-state index contributed by atoms with van der Waals surface area (Å²) >= 11 is 0. The number of carbonyl (C=O) groups is 2. The average molecular weight is 274 g/mol. The van der Waals surface area contributed by atoms with E-state index < -0.39 is 5.97 Å². The van der Waals surface area contributed by atoms with Crippen molar-refractivity contribution in [3.8, 4) is 0 Å². The minimum Gasteiger partial charge on any atom is -0.465 e. The number of hydrogen-bond donors (Lipinski definition) is 1. The third-order valence-corrected chi connectivity index (χ3v) is 3.47. The number of amides is 1. The zero-order valence-electron chi connectivity index (χ0n) is 11.7. The summed E-state index contributed by atoms with van der Waals surface area (Å²) < 4.78 is 4.72. The first-order chi connectivity index (χ1) is 9.60. The number of methoxy groups -OCH3 is 1. The molecule has 1 saturated heterocycles. The van der Waals surface area contributed by atoms with Crippen LogP contribution in [-0.2, 0) is 9.53 Å². The molecule has 0 saturated carbocycles. The Morgan fingerprint density at radius 3 is 2.85 bits per heavy atom. The zero-order chi connectivity index (χ0) is 14.7. The van der Waals surface area contributed by atoms with Gasteiger partial charge in [0.1, 0.15) is 0 Å². The van der Waals surface area contributed by atoms with Gasteiger partial charge >= 0.3 is 5.97 Å². The molecular weight excluding hydrogens is 256 g/mol. The highest BCUT2D eigenvalue weighted by molar-refractivity contribution is 6.01. The number of nitrogens with one attached hydrogen (secondary N) is 1. The highest BCUT2D eigenvalue weighted by Crippen LogP contribution is 2.32. The van der Waals surface area contributed by atoms with Crippen molar-refractivity contribution in [1.82, 2.24) is 0 Å². The molecule has 1 aromatic carbocycles. The second kappa shape index (κ2) is 5.77. The van der Waals surface area contributed by atoms with E-state index >= 15 is 0 Å². The summed E-state index contributed by atoms with van der Waals surface area (Å²) in [5.41, 5.74) is 1.93. The van der Waals surface area contributed by atoms with Gasteiger partial charge < -0.3 is 15.0 Å². The van der Waals surface area contributed by atoms with Gasteiger partial charge in [-0.15, -0.1) is 6.58 Å². The second-order valence-corrected chi connectivity index (χ2v) is 4.68. The normalized spacial score (nSPS) is 18.0. The average Bonchev–Trinajstić information content (AvgIpc) is 2.86. The van der Waals surface area contributed by atoms with Gasteiger partial charge in [0.15, 0.2) is 0 Å². The molecule has 5 heteroatoms. The highest BCUT2D eigenvalue weighted by atomic mass is 16.5. The van der Waals surface area contributed by atoms with Gasteiger partial charge in [0.2, 0.25) is 5.91 Å². The van der Waals surface area contributed by atoms with E-state index in [0.29, 0.717) is 24.2 Å². The number of ether oxygens (including phenoxy) is 1. The lowest BCUT2D eigenvalue weighted by Crippen LogP contribution is -2.25. The van der Waals surface area contributed by atoms with E-state index in [1.807, 2.05) is 0 Å². The molecule has 0 spiro atoms. The molecule has 0 bridgehead atoms. The molecule has 1 aromatic rings. The van der Waals surface area contributed by atoms with Crippen LogP contribution in [0, 0.1) is 5.92 Å². The Bertz CT molecular complexity index is 554. The monoisotopic (exact) mass is 274 g/mol. The highest BCUT2D eigenvalue weighted by Gasteiger charge is 2.30. The molecule has 20 heavy (non-hydrogen) atoms. The first-order valence-corrected chi connectivity index (χ1v) is 6.43. The van der Waals surface area contributed by atoms with Gasteiger partial charge in [0.25, 0.3) is 0 Å². The number of carbonyl (C=O) groups excluding carboxylic acids is 2. The molecule has 1 aliphatic rings. The Labute approximate surface area is 118 Å². The Balaban J connectivity index is 2.40. The Morgan fingerprint density at radius 2 is 2.30 bits per heavy atom. The minimum atomic E-state index is -0.416. The maximum atomic E-state index is 12.1. The maximum Gasteiger partial charge on any atom is 0.337 e. The largest absolute Gasteiger partial charge is 0.465 e. The summed E-state index contributed by atoms with van der Waals surface area (Å²) in [6.07, 6.45) is 2.25. The molecule has 1 heterocycles. The van der Waals surface area contributed by atoms with Crippen molar-refractivity contribution < 1.29 is 14.3 Å². The van der Waals surface area contributed by atoms with Crippen molar-refractivity contribution >= 4 is 23.3 Å². The summed E-state index contributed by atoms with van der Waals surface area (Å²) in [4.78, 5) is 25.4. The summed E-state index contributed by atoms with van der Waals surface area (Å²) in [7, 11) is 3.12. The van der Waals surface area contributed by atoms with Crippen LogP contribution in [0.3, 0.4) is 0 Å². The number of esters is 1. The van der Waals surface area contributed by atoms with Crippen LogP contribution < -0.4 is 10.2 Å². The molecule has 1 unspecified atom stereocenters. The van der Waals surface area contributed by atoms with Gasteiger partial charge in [-0.1, -0.05) is 6.08 Å². The molecule has 0 aliphatic carbocycles. The Hall–Kier alpha value is -2.30. The van der Waals surface area contributed by atoms with Crippen molar-refractivity contribution in [2.75, 3.05) is 30.9 Å². The van der Waals surface area contributed by atoms with Gasteiger partial charge in [-0.25, -0.2) is 4.79 Å². The molecule has 106 valence electrons. The Morgan fingerprint density at radius 1 is 1.55 bits per heavy atom. The van der Waals surface area contributed by atoms with Crippen molar-refractivity contribution in [2.24, 2.45) is 5.92 Å². The molecule has 1 aliphatic heterocycles. The van der Waals surface area contributed by atoms with E-state index in [-0.39, 0.29) is 11.8 Å². The van der Waals surface area contributed by atoms with Gasteiger partial charge in [-0.3, -0.25) is 4.79 Å². The number of rotatable bonds is 4. The first-order valence-electron chi connectivity index (χ1n) is 6.43. The molecule has 0 aromatic heterocycles. The smallest absolute Gasteiger partial charge is 0.337 e. The fraction of sp³-hybridized carbons (Fsp3) is 0.333. The van der Waals surface area contributed by atoms with E-state index in [1.54, 1.807) is 36.2 Å². The van der Waals surface area contributed by atoms with Crippen LogP contribution in [-0.4, -0.2) is 32.6 Å². The lowest BCUT2D eigenvalue weighted by atomic mass is 10.1. The SMILES string of the molecule is C=CC1CC(=O)N(c2cc(C(=O)OC)ccc2NC)C1. The minimum absolute atomic E-state index is 0.0356. The standard InChI is InChI=1S/C15H18N2O3/c1-4-10-7-14(18)17(9-10)13-8-11(15(19)20-3)5-6-12(13)16-2/h4-6,8,10,16H,1,7,9H2,2-3H3. The van der Waals surface area contributed by atoms with Crippen LogP contribution in [0.5, 0.6) is 0 Å². The zero-order valence-corrected chi connectivity index (χ0v) is 11.7. The quantitative estimate of drug-likeness (QED) is 0.674. The Kier molecular flexibility index (Phi) is 4.08. The van der Waals surface area contributed by atoms with Crippen LogP contribution in [0.1, 0.15) is 16.8 Å². The van der Waals surface area contributed by atoms with Crippen LogP contribution in [0.4, 0.5) is 11.4 Å². The summed E-state index contributed by atoms with van der Waals surface area (Å²) in [5.74, 6) is -0.233. The number of benzene rings is 1. The predicted molar refractivity (Wildman–Crippen MR) is 78.0 cm³/mol. The van der Waals surface area contributed by atoms with Gasteiger partial charge in [0, 0.05) is 25.9 Å². The molecule has 1 fully saturated rings. The fourth-order valence-corrected chi connectivity index (χ4v) is 2.34. The molecule has 1 N–H and O–H groups in total. The number of anilines is 2. The first kappa shape index (κ1) is 14.1. The molecule has 5 nitrogen and oxygen atoms in total. The third-order valence-electron chi connectivity index (χ3n) is 3.47. The van der Waals surface area contributed by atoms with Crippen molar-refractivity contribution in [1.29, 1.82) is 0 Å². The van der Waals surface area contributed by atoms with Crippen molar-refractivity contribution in [2.45, 2.75) is 6.42 Å². The van der Waals surface area contributed by atoms with Crippen LogP contribution in [0.15, 0.2) is 30.9 Å². The predicted octanol–water partition coefficient (Wildman–Crippen LogP) is 2.05. The number of hydrogen-bond acceptors (Lipinski definition) is 4. The van der Waals surface area contributed by atoms with Crippen LogP contribution in [0.25, 0.3) is 0 Å². The molecule has 2 rings (SSSR count). The van der Waals surface area contributed by atoms with Crippen LogP contribution in [0.2, 0.25) is 0 Å². The van der Waals surface area contributed by atoms with Gasteiger partial charge in [-0.2, -0.15) is 0 Å². The summed E-state index contributed by atoms with van der Waals surface area (Å²) in [6.45, 7) is 4.32. The van der Waals surface area contributed by atoms with Gasteiger partial charge in [0.05, 0.1) is 24.0 Å². The fourth-order valence-electron chi connectivity index (χ4n) is 2.34. The van der Waals surface area contributed by atoms with E-state index in [9.17, 15) is 9.59 Å². The van der Waals surface area contributed by atoms with E-state index in [0.717, 1.165) is 5.69 Å². The molecule has 1 amide bonds. The van der Waals surface area contributed by atoms with E-state index in [1.165, 1.54) is 7.11 Å². The van der Waals surface area contributed by atoms with E-state index in [4.69, 9.17) is 4.74 Å². The molecule has 0 radical (unpaired) electrons. The second-order valence-electron chi connectivity index (χ2n) is 4.68. The lowest BCUT2D eigenvalue weighted by Gasteiger charge is -2.20. The molecule has 1 atom stereocenters. The van der Waals surface area contributed by atoms with Crippen molar-refractivity contribution in [3.05, 3.63) is 36.4 Å². The lowest BCUT2D eigenvalue weighted by molar-refractivity contribution is -0.117. The summed E-state index contributed by atoms with van der Waals surface area (Å²) in [6, 6.07) is 5.13. The maximum absolute atomic E-state index is 12.1. The molecular formula is C15H18N2O3. The van der Waals surface area contributed by atoms with Crippen LogP contribution >= 0.6 is 0 Å². The van der Waals surface area contributed by atoms with Crippen molar-refractivity contribution in [3.63, 3.8) is 0 Å². The summed E-state index contributed by atoms with van der Waals surface area (Å²) in [5, 5.41) is 3.04. The third kappa shape index (κ3) is 2.52. The van der Waals surface area contributed by atoms with E-state index in [2.05, 4.69) is 11.9 Å².